The first-order chi connectivity index (χ1) is 11.7. The summed E-state index contributed by atoms with van der Waals surface area (Å²) >= 11 is 0. The van der Waals surface area contributed by atoms with E-state index < -0.39 is 18.1 Å². The molecular weight excluding hydrogens is 322 g/mol. The highest BCUT2D eigenvalue weighted by molar-refractivity contribution is 5.66. The van der Waals surface area contributed by atoms with Crippen LogP contribution in [-0.2, 0) is 11.3 Å². The van der Waals surface area contributed by atoms with Gasteiger partial charge in [0, 0.05) is 12.1 Å². The first-order valence-corrected chi connectivity index (χ1v) is 8.97. The normalized spacial score (nSPS) is 29.6. The zero-order valence-corrected chi connectivity index (χ0v) is 15.3. The van der Waals surface area contributed by atoms with Crippen molar-refractivity contribution in [1.82, 2.24) is 9.78 Å². The van der Waals surface area contributed by atoms with Crippen molar-refractivity contribution in [3.05, 3.63) is 16.4 Å². The Labute approximate surface area is 147 Å². The third-order valence-corrected chi connectivity index (χ3v) is 6.23. The molecule has 7 nitrogen and oxygen atoms in total. The van der Waals surface area contributed by atoms with E-state index in [1.807, 2.05) is 6.92 Å². The Morgan fingerprint density at radius 2 is 2.20 bits per heavy atom. The number of aromatic nitrogens is 2. The topological polar surface area (TPSA) is 93.5 Å². The summed E-state index contributed by atoms with van der Waals surface area (Å²) in [7, 11) is 0. The molecule has 0 saturated heterocycles. The predicted octanol–water partition coefficient (Wildman–Crippen LogP) is 2.21. The van der Waals surface area contributed by atoms with Gasteiger partial charge in [0.15, 0.2) is 0 Å². The molecule has 0 spiro atoms. The maximum Gasteiger partial charge on any atom is 0.325 e. The maximum atomic E-state index is 12.2. The second kappa shape index (κ2) is 6.35. The lowest BCUT2D eigenvalue weighted by molar-refractivity contribution is -0.138. The number of hydrogen-bond acceptors (Lipinski definition) is 5. The molecule has 3 saturated carbocycles. The van der Waals surface area contributed by atoms with Crippen LogP contribution < -0.4 is 15.6 Å². The number of carboxylic acid groups (broad SMARTS) is 1. The molecule has 1 aromatic heterocycles. The molecule has 1 aromatic rings. The number of hydrogen-bond donors (Lipinski definition) is 2. The summed E-state index contributed by atoms with van der Waals surface area (Å²) in [6.07, 6.45) is 2.34. The van der Waals surface area contributed by atoms with Crippen molar-refractivity contribution in [1.29, 1.82) is 0 Å². The fraction of sp³-hybridized carbons (Fsp3) is 0.722. The highest BCUT2D eigenvalue weighted by Crippen LogP contribution is 2.61. The minimum absolute atomic E-state index is 0.271. The molecule has 0 amide bonds. The van der Waals surface area contributed by atoms with E-state index in [0.717, 1.165) is 11.1 Å². The van der Waals surface area contributed by atoms with E-state index in [1.54, 1.807) is 0 Å². The lowest BCUT2D eigenvalue weighted by Crippen LogP contribution is -2.58. The van der Waals surface area contributed by atoms with Gasteiger partial charge in [-0.2, -0.15) is 0 Å². The van der Waals surface area contributed by atoms with E-state index in [9.17, 15) is 9.59 Å². The van der Waals surface area contributed by atoms with Crippen LogP contribution in [0.5, 0.6) is 5.88 Å². The van der Waals surface area contributed by atoms with E-state index >= 15 is 0 Å². The summed E-state index contributed by atoms with van der Waals surface area (Å²) < 4.78 is 6.46. The van der Waals surface area contributed by atoms with Gasteiger partial charge < -0.3 is 15.2 Å². The van der Waals surface area contributed by atoms with Crippen LogP contribution in [0.4, 0.5) is 5.69 Å². The van der Waals surface area contributed by atoms with E-state index in [4.69, 9.17) is 9.84 Å². The number of fused-ring (bicyclic) bond motifs is 2. The molecule has 0 radical (unpaired) electrons. The fourth-order valence-corrected chi connectivity index (χ4v) is 4.60. The lowest BCUT2D eigenvalue weighted by atomic mass is 9.45. The zero-order valence-electron chi connectivity index (χ0n) is 15.3. The van der Waals surface area contributed by atoms with Crippen LogP contribution in [0.2, 0.25) is 0 Å². The van der Waals surface area contributed by atoms with Crippen molar-refractivity contribution in [2.24, 2.45) is 23.2 Å². The maximum absolute atomic E-state index is 12.2. The number of nitrogens with zero attached hydrogens (tertiary/aromatic N) is 2. The summed E-state index contributed by atoms with van der Waals surface area (Å²) in [5.74, 6) is 1.05. The first-order valence-electron chi connectivity index (χ1n) is 8.97. The Balaban J connectivity index is 1.83. The summed E-state index contributed by atoms with van der Waals surface area (Å²) in [5.41, 5.74) is 0.510. The summed E-state index contributed by atoms with van der Waals surface area (Å²) in [5, 5.41) is 16.5. The standard InChI is InChI=1S/C18H27N3O4/c1-5-25-17-14(8-15(22)21(20-17)9-16(23)24)19-13-7-11-6-12(10(13)2)18(11,3)4/h8,10-13,19H,5-7,9H2,1-4H3,(H,23,24)/t10-,11+,12+,13+/m0/s1. The van der Waals surface area contributed by atoms with Gasteiger partial charge in [-0.1, -0.05) is 20.8 Å². The van der Waals surface area contributed by atoms with Crippen LogP contribution in [0.1, 0.15) is 40.5 Å². The summed E-state index contributed by atoms with van der Waals surface area (Å²) in [4.78, 5) is 23.1. The minimum Gasteiger partial charge on any atom is -0.480 e. The molecule has 7 heteroatoms. The predicted molar refractivity (Wildman–Crippen MR) is 93.9 cm³/mol. The third-order valence-electron chi connectivity index (χ3n) is 6.23. The number of ether oxygens (including phenoxy) is 1. The molecule has 3 fully saturated rings. The second-order valence-electron chi connectivity index (χ2n) is 7.89. The van der Waals surface area contributed by atoms with Crippen LogP contribution in [0.25, 0.3) is 0 Å². The number of anilines is 1. The van der Waals surface area contributed by atoms with Crippen molar-refractivity contribution >= 4 is 11.7 Å². The lowest BCUT2D eigenvalue weighted by Gasteiger charge is -2.62. The van der Waals surface area contributed by atoms with Gasteiger partial charge in [0.05, 0.1) is 6.61 Å². The van der Waals surface area contributed by atoms with E-state index in [1.165, 1.54) is 12.5 Å². The summed E-state index contributed by atoms with van der Waals surface area (Å²) in [6.45, 7) is 8.71. The number of carboxylic acids is 1. The van der Waals surface area contributed by atoms with Crippen LogP contribution >= 0.6 is 0 Å². The molecule has 25 heavy (non-hydrogen) atoms. The molecule has 138 valence electrons. The van der Waals surface area contributed by atoms with Gasteiger partial charge in [0.1, 0.15) is 12.2 Å². The first kappa shape index (κ1) is 17.8. The molecule has 2 bridgehead atoms. The molecule has 3 aliphatic carbocycles. The largest absolute Gasteiger partial charge is 0.480 e. The Hall–Kier alpha value is -2.05. The van der Waals surface area contributed by atoms with Gasteiger partial charge in [-0.15, -0.1) is 5.10 Å². The second-order valence-corrected chi connectivity index (χ2v) is 7.89. The van der Waals surface area contributed by atoms with Gasteiger partial charge in [-0.05, 0) is 42.9 Å². The van der Waals surface area contributed by atoms with Gasteiger partial charge in [0.2, 0.25) is 0 Å². The van der Waals surface area contributed by atoms with Crippen molar-refractivity contribution in [3.8, 4) is 5.88 Å². The van der Waals surface area contributed by atoms with Gasteiger partial charge in [-0.3, -0.25) is 9.59 Å². The Morgan fingerprint density at radius 3 is 2.76 bits per heavy atom. The number of aliphatic carboxylic acids is 1. The molecule has 4 rings (SSSR count). The average Bonchev–Trinajstić information content (AvgIpc) is 2.52. The highest BCUT2D eigenvalue weighted by Gasteiger charge is 2.56. The Bertz CT molecular complexity index is 728. The smallest absolute Gasteiger partial charge is 0.325 e. The molecule has 2 N–H and O–H groups in total. The fourth-order valence-electron chi connectivity index (χ4n) is 4.60. The molecule has 0 aromatic carbocycles. The Morgan fingerprint density at radius 1 is 1.48 bits per heavy atom. The number of rotatable bonds is 6. The minimum atomic E-state index is -1.11. The van der Waals surface area contributed by atoms with E-state index in [0.29, 0.717) is 35.5 Å². The SMILES string of the molecule is CCOc1nn(CC(=O)O)c(=O)cc1N[C@@H]1C[C@H]2C[C@H]([C@@H]1C)C2(C)C. The molecular formula is C18H27N3O4. The van der Waals surface area contributed by atoms with Gasteiger partial charge >= 0.3 is 5.97 Å². The molecule has 0 unspecified atom stereocenters. The van der Waals surface area contributed by atoms with Gasteiger partial charge in [-0.25, -0.2) is 4.68 Å². The van der Waals surface area contributed by atoms with Crippen LogP contribution in [-0.4, -0.2) is 33.5 Å². The number of carbonyl (C=O) groups is 1. The Kier molecular flexibility index (Phi) is 4.51. The van der Waals surface area contributed by atoms with E-state index in [-0.39, 0.29) is 11.9 Å². The van der Waals surface area contributed by atoms with Crippen molar-refractivity contribution < 1.29 is 14.6 Å². The summed E-state index contributed by atoms with van der Waals surface area (Å²) in [6, 6.07) is 1.67. The molecule has 3 aliphatic rings. The van der Waals surface area contributed by atoms with Gasteiger partial charge in [0.25, 0.3) is 11.4 Å². The van der Waals surface area contributed by atoms with Crippen molar-refractivity contribution in [2.75, 3.05) is 11.9 Å². The highest BCUT2D eigenvalue weighted by atomic mass is 16.5. The molecule has 0 aliphatic heterocycles. The zero-order chi connectivity index (χ0) is 18.4. The van der Waals surface area contributed by atoms with Crippen LogP contribution in [0.15, 0.2) is 10.9 Å². The third kappa shape index (κ3) is 3.12. The van der Waals surface area contributed by atoms with Crippen LogP contribution in [0.3, 0.4) is 0 Å². The number of nitrogens with one attached hydrogen (secondary N) is 1. The quantitative estimate of drug-likeness (QED) is 0.818. The van der Waals surface area contributed by atoms with Crippen molar-refractivity contribution in [2.45, 2.75) is 53.1 Å². The molecule has 4 atom stereocenters. The van der Waals surface area contributed by atoms with E-state index in [2.05, 4.69) is 31.2 Å². The van der Waals surface area contributed by atoms with Crippen molar-refractivity contribution in [3.63, 3.8) is 0 Å². The van der Waals surface area contributed by atoms with Crippen LogP contribution in [0, 0.1) is 23.2 Å². The monoisotopic (exact) mass is 349 g/mol. The average molecular weight is 349 g/mol. The molecule has 1 heterocycles.